The first kappa shape index (κ1) is 16.3. The molecule has 130 valence electrons. The molecular formula is C21H25N3O. The Balaban J connectivity index is 1.53. The predicted octanol–water partition coefficient (Wildman–Crippen LogP) is 1.94. The second kappa shape index (κ2) is 6.98. The van der Waals surface area contributed by atoms with Gasteiger partial charge < -0.3 is 16.0 Å². The molecule has 0 aromatic heterocycles. The van der Waals surface area contributed by atoms with Crippen LogP contribution in [-0.4, -0.2) is 43.0 Å². The molecule has 0 saturated carbocycles. The summed E-state index contributed by atoms with van der Waals surface area (Å²) in [4.78, 5) is 14.9. The molecule has 1 fully saturated rings. The number of nitrogens with one attached hydrogen (secondary N) is 1. The molecule has 2 heterocycles. The molecular weight excluding hydrogens is 310 g/mol. The van der Waals surface area contributed by atoms with E-state index in [1.165, 1.54) is 16.7 Å². The van der Waals surface area contributed by atoms with E-state index in [1.54, 1.807) is 0 Å². The summed E-state index contributed by atoms with van der Waals surface area (Å²) in [6, 6.07) is 16.5. The van der Waals surface area contributed by atoms with Crippen molar-refractivity contribution in [2.45, 2.75) is 24.8 Å². The zero-order chi connectivity index (χ0) is 17.2. The first-order chi connectivity index (χ1) is 12.2. The van der Waals surface area contributed by atoms with Gasteiger partial charge in [-0.25, -0.2) is 0 Å². The van der Waals surface area contributed by atoms with Crippen LogP contribution in [0.3, 0.4) is 0 Å². The molecule has 2 aromatic rings. The third-order valence-electron chi connectivity index (χ3n) is 5.48. The highest BCUT2D eigenvalue weighted by Gasteiger charge is 2.34. The minimum absolute atomic E-state index is 0.00335. The van der Waals surface area contributed by atoms with Crippen LogP contribution in [0.2, 0.25) is 0 Å². The molecule has 3 N–H and O–H groups in total. The maximum atomic E-state index is 13.0. The van der Waals surface area contributed by atoms with E-state index in [0.717, 1.165) is 31.5 Å². The summed E-state index contributed by atoms with van der Waals surface area (Å²) in [7, 11) is 0. The summed E-state index contributed by atoms with van der Waals surface area (Å²) in [5.74, 6) is 0.323. The Morgan fingerprint density at radius 1 is 1.00 bits per heavy atom. The van der Waals surface area contributed by atoms with Crippen molar-refractivity contribution in [2.75, 3.05) is 26.2 Å². The normalized spacial score (nSPS) is 23.2. The minimum atomic E-state index is -0.00335. The lowest BCUT2D eigenvalue weighted by atomic mass is 9.95. The van der Waals surface area contributed by atoms with E-state index in [4.69, 9.17) is 5.73 Å². The Hall–Kier alpha value is -2.17. The van der Waals surface area contributed by atoms with Crippen LogP contribution >= 0.6 is 0 Å². The largest absolute Gasteiger partial charge is 0.336 e. The first-order valence-corrected chi connectivity index (χ1v) is 9.14. The molecule has 2 aliphatic rings. The third-order valence-corrected chi connectivity index (χ3v) is 5.48. The summed E-state index contributed by atoms with van der Waals surface area (Å²) in [6.07, 6.45) is 2.02. The minimum Gasteiger partial charge on any atom is -0.336 e. The molecule has 1 amide bonds. The summed E-state index contributed by atoms with van der Waals surface area (Å²) < 4.78 is 0. The lowest BCUT2D eigenvalue weighted by Gasteiger charge is -2.17. The molecule has 0 aliphatic carbocycles. The highest BCUT2D eigenvalue weighted by atomic mass is 16.2. The van der Waals surface area contributed by atoms with Gasteiger partial charge in [0, 0.05) is 30.6 Å². The van der Waals surface area contributed by atoms with Crippen LogP contribution in [0.15, 0.2) is 48.5 Å². The summed E-state index contributed by atoms with van der Waals surface area (Å²) in [5, 5.41) is 3.42. The fourth-order valence-corrected chi connectivity index (χ4v) is 4.04. The summed E-state index contributed by atoms with van der Waals surface area (Å²) in [5.41, 5.74) is 11.0. The summed E-state index contributed by atoms with van der Waals surface area (Å²) >= 11 is 0. The van der Waals surface area contributed by atoms with Crippen molar-refractivity contribution >= 4 is 5.91 Å². The number of nitrogens with two attached hydrogens (primary N) is 1. The number of amides is 1. The van der Waals surface area contributed by atoms with E-state index in [2.05, 4.69) is 29.6 Å². The van der Waals surface area contributed by atoms with Crippen LogP contribution in [-0.2, 0) is 12.8 Å². The second-order valence-electron chi connectivity index (χ2n) is 7.12. The first-order valence-electron chi connectivity index (χ1n) is 9.14. The Morgan fingerprint density at radius 2 is 1.76 bits per heavy atom. The van der Waals surface area contributed by atoms with Crippen molar-refractivity contribution < 1.29 is 4.79 Å². The molecule has 0 radical (unpaired) electrons. The monoisotopic (exact) mass is 335 g/mol. The maximum Gasteiger partial charge on any atom is 0.253 e. The van der Waals surface area contributed by atoms with Crippen molar-refractivity contribution in [3.8, 4) is 0 Å². The van der Waals surface area contributed by atoms with Gasteiger partial charge in [0.05, 0.1) is 0 Å². The van der Waals surface area contributed by atoms with Gasteiger partial charge in [0.2, 0.25) is 0 Å². The zero-order valence-corrected chi connectivity index (χ0v) is 14.4. The van der Waals surface area contributed by atoms with Gasteiger partial charge in [-0.1, -0.05) is 36.4 Å². The summed E-state index contributed by atoms with van der Waals surface area (Å²) in [6.45, 7) is 3.31. The molecule has 4 nitrogen and oxygen atoms in total. The highest BCUT2D eigenvalue weighted by molar-refractivity contribution is 5.94. The van der Waals surface area contributed by atoms with Crippen molar-refractivity contribution in [1.82, 2.24) is 10.2 Å². The fourth-order valence-electron chi connectivity index (χ4n) is 4.04. The van der Waals surface area contributed by atoms with E-state index in [9.17, 15) is 4.79 Å². The van der Waals surface area contributed by atoms with E-state index in [1.807, 2.05) is 29.2 Å². The highest BCUT2D eigenvalue weighted by Crippen LogP contribution is 2.28. The Morgan fingerprint density at radius 3 is 2.56 bits per heavy atom. The third kappa shape index (κ3) is 3.32. The topological polar surface area (TPSA) is 58.4 Å². The number of fused-ring (bicyclic) bond motifs is 1. The molecule has 4 heteroatoms. The van der Waals surface area contributed by atoms with Gasteiger partial charge in [-0.3, -0.25) is 4.79 Å². The van der Waals surface area contributed by atoms with Crippen molar-refractivity contribution in [3.05, 3.63) is 70.8 Å². The molecule has 2 aliphatic heterocycles. The predicted molar refractivity (Wildman–Crippen MR) is 99.8 cm³/mol. The van der Waals surface area contributed by atoms with Gasteiger partial charge in [0.15, 0.2) is 0 Å². The van der Waals surface area contributed by atoms with Crippen molar-refractivity contribution in [1.29, 1.82) is 0 Å². The van der Waals surface area contributed by atoms with Gasteiger partial charge in [0.25, 0.3) is 5.91 Å². The number of rotatable bonds is 2. The average molecular weight is 335 g/mol. The molecule has 0 unspecified atom stereocenters. The molecule has 25 heavy (non-hydrogen) atoms. The smallest absolute Gasteiger partial charge is 0.253 e. The zero-order valence-electron chi connectivity index (χ0n) is 14.4. The van der Waals surface area contributed by atoms with E-state index >= 15 is 0 Å². The number of hydrogen-bond acceptors (Lipinski definition) is 3. The van der Waals surface area contributed by atoms with Gasteiger partial charge in [-0.05, 0) is 54.8 Å². The lowest BCUT2D eigenvalue weighted by Crippen LogP contribution is -2.32. The van der Waals surface area contributed by atoms with Gasteiger partial charge in [-0.15, -0.1) is 0 Å². The van der Waals surface area contributed by atoms with Crippen LogP contribution in [0.25, 0.3) is 0 Å². The van der Waals surface area contributed by atoms with Crippen LogP contribution in [0.4, 0.5) is 0 Å². The Bertz CT molecular complexity index is 759. The molecule has 2 atom stereocenters. The molecule has 1 saturated heterocycles. The molecule has 4 rings (SSSR count). The number of benzene rings is 2. The van der Waals surface area contributed by atoms with Crippen LogP contribution < -0.4 is 11.1 Å². The van der Waals surface area contributed by atoms with Gasteiger partial charge in [-0.2, -0.15) is 0 Å². The Labute approximate surface area is 149 Å². The number of carbonyl (C=O) groups excluding carboxylic acids is 1. The van der Waals surface area contributed by atoms with E-state index in [-0.39, 0.29) is 17.9 Å². The van der Waals surface area contributed by atoms with Gasteiger partial charge >= 0.3 is 0 Å². The van der Waals surface area contributed by atoms with Crippen LogP contribution in [0.1, 0.15) is 33.0 Å². The lowest BCUT2D eigenvalue weighted by molar-refractivity contribution is 0.0789. The second-order valence-corrected chi connectivity index (χ2v) is 7.12. The number of likely N-dealkylation sites (tertiary alicyclic amines) is 1. The van der Waals surface area contributed by atoms with Crippen molar-refractivity contribution in [2.24, 2.45) is 5.73 Å². The molecule has 2 aromatic carbocycles. The van der Waals surface area contributed by atoms with E-state index < -0.39 is 0 Å². The van der Waals surface area contributed by atoms with E-state index in [0.29, 0.717) is 13.1 Å². The maximum absolute atomic E-state index is 13.0. The fraction of sp³-hybridized carbons (Fsp3) is 0.381. The quantitative estimate of drug-likeness (QED) is 0.882. The van der Waals surface area contributed by atoms with Gasteiger partial charge in [0.1, 0.15) is 0 Å². The van der Waals surface area contributed by atoms with Crippen LogP contribution in [0.5, 0.6) is 0 Å². The number of nitrogens with zero attached hydrogens (tertiary/aromatic N) is 1. The average Bonchev–Trinajstić information content (AvgIpc) is 2.88. The van der Waals surface area contributed by atoms with Crippen molar-refractivity contribution in [3.63, 3.8) is 0 Å². The molecule has 0 spiro atoms. The standard InChI is InChI=1S/C21H25N3O/c22-20-14-24(13-19(20)16-4-2-1-3-5-16)21(25)18-7-6-15-8-10-23-11-9-17(15)12-18/h1-7,12,19-20,23H,8-11,13-14,22H2/t19-,20+/m0/s1. The number of hydrogen-bond donors (Lipinski definition) is 2. The molecule has 0 bridgehead atoms. The number of carbonyl (C=O) groups is 1. The SMILES string of the molecule is N[C@@H]1CN(C(=O)c2ccc3c(c2)CCNCC3)C[C@H]1c1ccccc1. The Kier molecular flexibility index (Phi) is 4.55. The van der Waals surface area contributed by atoms with Crippen LogP contribution in [0, 0.1) is 0 Å².